The van der Waals surface area contributed by atoms with Gasteiger partial charge < -0.3 is 29.5 Å². The molecule has 0 saturated carbocycles. The SMILES string of the molecule is CC#Cc1nc(-c2cc(O)cc3ccc(F)cc23)c(F)c2nc(OC[C@@H]3CCCN3C)nc(N3C=COCC(C)(O)C3)c12. The van der Waals surface area contributed by atoms with E-state index in [2.05, 4.69) is 31.7 Å². The molecule has 0 bridgehead atoms. The van der Waals surface area contributed by atoms with Gasteiger partial charge in [0, 0.05) is 17.8 Å². The van der Waals surface area contributed by atoms with Gasteiger partial charge >= 0.3 is 6.01 Å². The minimum Gasteiger partial charge on any atom is -0.508 e. The van der Waals surface area contributed by atoms with Crippen LogP contribution >= 0.6 is 0 Å². The fourth-order valence-corrected chi connectivity index (χ4v) is 5.62. The fraction of sp³-hybridized carbons (Fsp3) is 0.344. The van der Waals surface area contributed by atoms with Crippen molar-refractivity contribution in [1.29, 1.82) is 0 Å². The number of pyridine rings is 1. The van der Waals surface area contributed by atoms with Crippen LogP contribution < -0.4 is 9.64 Å². The van der Waals surface area contributed by atoms with Crippen LogP contribution in [0.1, 0.15) is 32.4 Å². The van der Waals surface area contributed by atoms with Gasteiger partial charge in [-0.3, -0.25) is 0 Å². The maximum Gasteiger partial charge on any atom is 0.319 e. The van der Waals surface area contributed by atoms with E-state index < -0.39 is 17.2 Å². The van der Waals surface area contributed by atoms with E-state index >= 15 is 4.39 Å². The van der Waals surface area contributed by atoms with Gasteiger partial charge in [-0.15, -0.1) is 0 Å². The first-order valence-electron chi connectivity index (χ1n) is 14.0. The smallest absolute Gasteiger partial charge is 0.319 e. The highest BCUT2D eigenvalue weighted by Crippen LogP contribution is 2.39. The number of hydrogen-bond donors (Lipinski definition) is 2. The van der Waals surface area contributed by atoms with Gasteiger partial charge in [-0.25, -0.2) is 13.8 Å². The van der Waals surface area contributed by atoms with Gasteiger partial charge in [-0.1, -0.05) is 12.0 Å². The van der Waals surface area contributed by atoms with Crippen LogP contribution in [0.15, 0.2) is 42.8 Å². The average molecular weight is 588 g/mol. The third-order valence-electron chi connectivity index (χ3n) is 7.74. The van der Waals surface area contributed by atoms with Crippen molar-refractivity contribution in [2.75, 3.05) is 38.3 Å². The maximum atomic E-state index is 16.7. The summed E-state index contributed by atoms with van der Waals surface area (Å²) in [5, 5.41) is 22.5. The number of hydrogen-bond acceptors (Lipinski definition) is 9. The molecule has 0 amide bonds. The van der Waals surface area contributed by atoms with Crippen molar-refractivity contribution in [2.24, 2.45) is 0 Å². The molecule has 0 aliphatic carbocycles. The molecule has 2 N–H and O–H groups in total. The van der Waals surface area contributed by atoms with Gasteiger partial charge in [-0.05, 0) is 81.2 Å². The molecule has 6 rings (SSSR count). The molecule has 1 saturated heterocycles. The summed E-state index contributed by atoms with van der Waals surface area (Å²) >= 11 is 0. The number of phenolic OH excluding ortho intramolecular Hbond substituents is 1. The number of aliphatic hydroxyl groups is 1. The molecule has 9 nitrogen and oxygen atoms in total. The third kappa shape index (κ3) is 5.63. The van der Waals surface area contributed by atoms with Crippen molar-refractivity contribution in [2.45, 2.75) is 38.3 Å². The Hall–Kier alpha value is -4.53. The van der Waals surface area contributed by atoms with Crippen molar-refractivity contribution < 1.29 is 28.5 Å². The minimum atomic E-state index is -1.26. The maximum absolute atomic E-state index is 16.7. The Bertz CT molecular complexity index is 1820. The van der Waals surface area contributed by atoms with Crippen LogP contribution in [0.2, 0.25) is 0 Å². The zero-order chi connectivity index (χ0) is 30.3. The molecule has 2 aliphatic rings. The first-order valence-corrected chi connectivity index (χ1v) is 14.0. The number of ether oxygens (including phenoxy) is 2. The Morgan fingerprint density at radius 2 is 2.02 bits per heavy atom. The van der Waals surface area contributed by atoms with Crippen molar-refractivity contribution in [3.63, 3.8) is 0 Å². The summed E-state index contributed by atoms with van der Waals surface area (Å²) in [7, 11) is 2.02. The van der Waals surface area contributed by atoms with Crippen LogP contribution in [-0.4, -0.2) is 75.1 Å². The van der Waals surface area contributed by atoms with Gasteiger partial charge in [0.15, 0.2) is 11.6 Å². The summed E-state index contributed by atoms with van der Waals surface area (Å²) in [6.45, 7) is 4.61. The second-order valence-electron chi connectivity index (χ2n) is 11.2. The van der Waals surface area contributed by atoms with Crippen LogP contribution in [-0.2, 0) is 4.74 Å². The van der Waals surface area contributed by atoms with E-state index in [1.54, 1.807) is 24.9 Å². The second-order valence-corrected chi connectivity index (χ2v) is 11.2. The lowest BCUT2D eigenvalue weighted by Crippen LogP contribution is -2.41. The molecule has 2 aliphatic heterocycles. The highest BCUT2D eigenvalue weighted by atomic mass is 19.1. The number of halogens is 2. The Balaban J connectivity index is 1.61. The number of aromatic hydroxyl groups is 1. The molecular weight excluding hydrogens is 556 g/mol. The first-order chi connectivity index (χ1) is 20.6. The lowest BCUT2D eigenvalue weighted by Gasteiger charge is -2.28. The molecule has 2 aromatic heterocycles. The van der Waals surface area contributed by atoms with Gasteiger partial charge in [0.1, 0.15) is 47.3 Å². The summed E-state index contributed by atoms with van der Waals surface area (Å²) in [6, 6.07) is 6.94. The van der Waals surface area contributed by atoms with Crippen LogP contribution in [0.3, 0.4) is 0 Å². The lowest BCUT2D eigenvalue weighted by molar-refractivity contribution is 0.00798. The second kappa shape index (κ2) is 11.3. The van der Waals surface area contributed by atoms with Crippen molar-refractivity contribution in [3.8, 4) is 34.9 Å². The summed E-state index contributed by atoms with van der Waals surface area (Å²) in [6.07, 6.45) is 5.02. The molecule has 4 heterocycles. The normalized spacial score (nSPS) is 20.6. The molecule has 1 unspecified atom stereocenters. The van der Waals surface area contributed by atoms with Crippen LogP contribution in [0, 0.1) is 23.5 Å². The first kappa shape index (κ1) is 28.6. The molecule has 43 heavy (non-hydrogen) atoms. The van der Waals surface area contributed by atoms with E-state index in [-0.39, 0.29) is 64.6 Å². The third-order valence-corrected chi connectivity index (χ3v) is 7.74. The van der Waals surface area contributed by atoms with E-state index in [1.165, 1.54) is 36.6 Å². The number of likely N-dealkylation sites (N-methyl/N-ethyl adjacent to an activating group) is 1. The zero-order valence-electron chi connectivity index (χ0n) is 24.1. The van der Waals surface area contributed by atoms with Crippen molar-refractivity contribution in [3.05, 3.63) is 60.1 Å². The van der Waals surface area contributed by atoms with E-state index in [0.717, 1.165) is 19.4 Å². The van der Waals surface area contributed by atoms with Crippen molar-refractivity contribution >= 4 is 27.5 Å². The number of β-amino-alcohol motifs (C(OH)–C–C–N with tert-alkyl or cyclic N) is 1. The topological polar surface area (TPSA) is 104 Å². The molecule has 1 fully saturated rings. The number of anilines is 1. The number of phenols is 1. The fourth-order valence-electron chi connectivity index (χ4n) is 5.62. The average Bonchev–Trinajstić information content (AvgIpc) is 3.29. The Morgan fingerprint density at radius 3 is 2.79 bits per heavy atom. The molecule has 222 valence electrons. The van der Waals surface area contributed by atoms with Gasteiger partial charge in [-0.2, -0.15) is 9.97 Å². The Labute approximate surface area is 247 Å². The predicted molar refractivity (Wildman–Crippen MR) is 159 cm³/mol. The molecule has 0 radical (unpaired) electrons. The number of nitrogens with zero attached hydrogens (tertiary/aromatic N) is 5. The zero-order valence-corrected chi connectivity index (χ0v) is 24.1. The molecule has 11 heteroatoms. The quantitative estimate of drug-likeness (QED) is 0.321. The van der Waals surface area contributed by atoms with E-state index in [4.69, 9.17) is 9.47 Å². The van der Waals surface area contributed by atoms with Gasteiger partial charge in [0.05, 0.1) is 18.2 Å². The van der Waals surface area contributed by atoms with Crippen LogP contribution in [0.5, 0.6) is 11.8 Å². The standard InChI is InChI=1S/C32H31F2N5O4/c1-4-6-25-26-29(27(34)28(35-25)24-15-22(40)13-19-8-9-20(33)14-23(19)24)36-31(43-16-21-7-5-10-38(21)3)37-30(26)39-11-12-42-18-32(2,41)17-39/h8-9,11-15,21,40-41H,5,7,10,16-18H2,1-3H3/t21-,32?/m0/s1. The number of rotatable bonds is 5. The molecular formula is C32H31F2N5O4. The molecule has 2 aromatic carbocycles. The molecule has 0 spiro atoms. The Kier molecular flexibility index (Phi) is 7.50. The van der Waals surface area contributed by atoms with E-state index in [0.29, 0.717) is 17.4 Å². The Morgan fingerprint density at radius 1 is 1.19 bits per heavy atom. The van der Waals surface area contributed by atoms with Crippen molar-refractivity contribution in [1.82, 2.24) is 19.9 Å². The summed E-state index contributed by atoms with van der Waals surface area (Å²) in [4.78, 5) is 17.6. The number of benzene rings is 2. The van der Waals surface area contributed by atoms with Gasteiger partial charge in [0.25, 0.3) is 0 Å². The van der Waals surface area contributed by atoms with Crippen LogP contribution in [0.25, 0.3) is 32.9 Å². The largest absolute Gasteiger partial charge is 0.508 e. The lowest BCUT2D eigenvalue weighted by atomic mass is 9.99. The predicted octanol–water partition coefficient (Wildman–Crippen LogP) is 4.73. The minimum absolute atomic E-state index is 0.0416. The highest BCUT2D eigenvalue weighted by molar-refractivity contribution is 6.01. The van der Waals surface area contributed by atoms with Gasteiger partial charge in [0.2, 0.25) is 0 Å². The molecule has 2 atom stereocenters. The monoisotopic (exact) mass is 587 g/mol. The summed E-state index contributed by atoms with van der Waals surface area (Å²) in [5.41, 5.74) is -1.20. The van der Waals surface area contributed by atoms with E-state index in [9.17, 15) is 14.6 Å². The summed E-state index contributed by atoms with van der Waals surface area (Å²) < 4.78 is 42.6. The molecule has 4 aromatic rings. The number of aromatic nitrogens is 3. The number of likely N-dealkylation sites (tertiary alicyclic amines) is 1. The number of fused-ring (bicyclic) bond motifs is 2. The van der Waals surface area contributed by atoms with E-state index in [1.807, 2.05) is 7.05 Å². The highest BCUT2D eigenvalue weighted by Gasteiger charge is 2.31. The van der Waals surface area contributed by atoms with Crippen LogP contribution in [0.4, 0.5) is 14.6 Å². The summed E-state index contributed by atoms with van der Waals surface area (Å²) in [5.74, 6) is 4.52.